The van der Waals surface area contributed by atoms with Gasteiger partial charge in [-0.05, 0) is 69.6 Å². The van der Waals surface area contributed by atoms with Crippen LogP contribution in [-0.4, -0.2) is 23.2 Å². The summed E-state index contributed by atoms with van der Waals surface area (Å²) in [5.41, 5.74) is 3.05. The smallest absolute Gasteiger partial charge is 0.311 e. The van der Waals surface area contributed by atoms with Gasteiger partial charge in [0.25, 0.3) is 5.91 Å². The van der Waals surface area contributed by atoms with Gasteiger partial charge in [-0.2, -0.15) is 0 Å². The number of carbonyl (C=O) groups excluding carboxylic acids is 2. The summed E-state index contributed by atoms with van der Waals surface area (Å²) in [5.74, 6) is -0.666. The Morgan fingerprint density at radius 1 is 1.24 bits per heavy atom. The summed E-state index contributed by atoms with van der Waals surface area (Å²) >= 11 is 0. The molecule has 0 aromatic heterocycles. The Morgan fingerprint density at radius 2 is 1.88 bits per heavy atom. The maximum absolute atomic E-state index is 12.4. The lowest BCUT2D eigenvalue weighted by atomic mass is 9.86. The van der Waals surface area contributed by atoms with Gasteiger partial charge < -0.3 is 4.74 Å². The lowest BCUT2D eigenvalue weighted by Gasteiger charge is -2.25. The molecule has 1 saturated carbocycles. The topological polar surface area (TPSA) is 75.6 Å². The van der Waals surface area contributed by atoms with Gasteiger partial charge in [-0.15, -0.1) is 0 Å². The Balaban J connectivity index is 1.85. The fourth-order valence-corrected chi connectivity index (χ4v) is 2.88. The number of benzene rings is 1. The molecule has 1 fully saturated rings. The van der Waals surface area contributed by atoms with E-state index in [1.807, 2.05) is 38.1 Å². The SMILES string of the molecule is CC(C)(CCc1ccc(/C=C/C(=O)NO)cc1)C(=O)OC1CCCC1. The van der Waals surface area contributed by atoms with Gasteiger partial charge in [0.1, 0.15) is 6.10 Å². The molecule has 1 aromatic carbocycles. The highest BCUT2D eigenvalue weighted by Gasteiger charge is 2.31. The van der Waals surface area contributed by atoms with E-state index in [9.17, 15) is 9.59 Å². The highest BCUT2D eigenvalue weighted by atomic mass is 16.5. The number of nitrogens with one attached hydrogen (secondary N) is 1. The molecule has 0 heterocycles. The van der Waals surface area contributed by atoms with Crippen molar-refractivity contribution in [2.24, 2.45) is 5.41 Å². The summed E-state index contributed by atoms with van der Waals surface area (Å²) < 4.78 is 5.64. The molecule has 25 heavy (non-hydrogen) atoms. The number of ether oxygens (including phenoxy) is 1. The molecule has 0 bridgehead atoms. The number of hydrogen-bond donors (Lipinski definition) is 2. The van der Waals surface area contributed by atoms with Crippen LogP contribution in [0.4, 0.5) is 0 Å². The zero-order chi connectivity index (χ0) is 18.3. The van der Waals surface area contributed by atoms with E-state index in [-0.39, 0.29) is 12.1 Å². The fourth-order valence-electron chi connectivity index (χ4n) is 2.88. The predicted octanol–water partition coefficient (Wildman–Crippen LogP) is 3.65. The van der Waals surface area contributed by atoms with E-state index < -0.39 is 11.3 Å². The van der Waals surface area contributed by atoms with Crippen molar-refractivity contribution in [3.8, 4) is 0 Å². The van der Waals surface area contributed by atoms with Crippen LogP contribution in [0.5, 0.6) is 0 Å². The van der Waals surface area contributed by atoms with Crippen molar-refractivity contribution in [1.82, 2.24) is 5.48 Å². The predicted molar refractivity (Wildman–Crippen MR) is 95.9 cm³/mol. The second kappa shape index (κ2) is 8.81. The molecule has 1 aliphatic carbocycles. The molecule has 136 valence electrons. The third-order valence-corrected chi connectivity index (χ3v) is 4.68. The Labute approximate surface area is 149 Å². The largest absolute Gasteiger partial charge is 0.462 e. The second-order valence-electron chi connectivity index (χ2n) is 7.25. The van der Waals surface area contributed by atoms with Crippen molar-refractivity contribution in [2.45, 2.75) is 58.5 Å². The molecular formula is C20H27NO4. The minimum absolute atomic E-state index is 0.103. The summed E-state index contributed by atoms with van der Waals surface area (Å²) in [7, 11) is 0. The van der Waals surface area contributed by atoms with Crippen molar-refractivity contribution in [1.29, 1.82) is 0 Å². The minimum Gasteiger partial charge on any atom is -0.462 e. The third kappa shape index (κ3) is 6.02. The summed E-state index contributed by atoms with van der Waals surface area (Å²) in [6, 6.07) is 7.77. The van der Waals surface area contributed by atoms with Gasteiger partial charge in [-0.1, -0.05) is 24.3 Å². The molecule has 1 aromatic rings. The third-order valence-electron chi connectivity index (χ3n) is 4.68. The monoisotopic (exact) mass is 345 g/mol. The normalized spacial score (nSPS) is 15.5. The Hall–Kier alpha value is -2.14. The lowest BCUT2D eigenvalue weighted by Crippen LogP contribution is -2.30. The number of esters is 1. The zero-order valence-corrected chi connectivity index (χ0v) is 15.0. The zero-order valence-electron chi connectivity index (χ0n) is 15.0. The average molecular weight is 345 g/mol. The number of hydrogen-bond acceptors (Lipinski definition) is 4. The van der Waals surface area contributed by atoms with Gasteiger partial charge in [0.05, 0.1) is 5.41 Å². The van der Waals surface area contributed by atoms with E-state index >= 15 is 0 Å². The van der Waals surface area contributed by atoms with E-state index in [0.717, 1.165) is 49.7 Å². The van der Waals surface area contributed by atoms with Crippen LogP contribution in [0, 0.1) is 5.41 Å². The molecule has 0 saturated heterocycles. The highest BCUT2D eigenvalue weighted by Crippen LogP contribution is 2.29. The first-order valence-corrected chi connectivity index (χ1v) is 8.83. The summed E-state index contributed by atoms with van der Waals surface area (Å²) in [5, 5.41) is 8.45. The first-order chi connectivity index (χ1) is 11.9. The molecule has 0 unspecified atom stereocenters. The van der Waals surface area contributed by atoms with Crippen LogP contribution in [0.3, 0.4) is 0 Å². The number of carbonyl (C=O) groups is 2. The maximum Gasteiger partial charge on any atom is 0.311 e. The van der Waals surface area contributed by atoms with Gasteiger partial charge in [0.15, 0.2) is 0 Å². The second-order valence-corrected chi connectivity index (χ2v) is 7.25. The van der Waals surface area contributed by atoms with Gasteiger partial charge in [0, 0.05) is 6.08 Å². The van der Waals surface area contributed by atoms with Crippen LogP contribution in [0.2, 0.25) is 0 Å². The Bertz CT molecular complexity index is 613. The molecule has 2 N–H and O–H groups in total. The Morgan fingerprint density at radius 3 is 2.48 bits per heavy atom. The quantitative estimate of drug-likeness (QED) is 0.342. The van der Waals surface area contributed by atoms with Gasteiger partial charge >= 0.3 is 5.97 Å². The van der Waals surface area contributed by atoms with Crippen molar-refractivity contribution in [3.05, 3.63) is 41.5 Å². The molecular weight excluding hydrogens is 318 g/mol. The fraction of sp³-hybridized carbons (Fsp3) is 0.500. The van der Waals surface area contributed by atoms with Crippen LogP contribution in [0.15, 0.2) is 30.3 Å². The molecule has 0 atom stereocenters. The van der Waals surface area contributed by atoms with Gasteiger partial charge in [-0.25, -0.2) is 5.48 Å². The minimum atomic E-state index is -0.563. The summed E-state index contributed by atoms with van der Waals surface area (Å²) in [6.07, 6.45) is 8.78. The molecule has 0 aliphatic heterocycles. The van der Waals surface area contributed by atoms with Crippen LogP contribution < -0.4 is 5.48 Å². The van der Waals surface area contributed by atoms with Crippen LogP contribution >= 0.6 is 0 Å². The van der Waals surface area contributed by atoms with Crippen LogP contribution in [-0.2, 0) is 20.7 Å². The first kappa shape index (κ1) is 19.2. The molecule has 0 radical (unpaired) electrons. The van der Waals surface area contributed by atoms with Crippen molar-refractivity contribution < 1.29 is 19.5 Å². The van der Waals surface area contributed by atoms with Gasteiger partial charge in [0.2, 0.25) is 0 Å². The molecule has 1 amide bonds. The van der Waals surface area contributed by atoms with E-state index in [0.29, 0.717) is 0 Å². The lowest BCUT2D eigenvalue weighted by molar-refractivity contribution is -0.159. The van der Waals surface area contributed by atoms with Crippen LogP contribution in [0.25, 0.3) is 6.08 Å². The van der Waals surface area contributed by atoms with Crippen molar-refractivity contribution >= 4 is 18.0 Å². The highest BCUT2D eigenvalue weighted by molar-refractivity contribution is 5.90. The number of amides is 1. The van der Waals surface area contributed by atoms with E-state index in [1.165, 1.54) is 6.08 Å². The molecule has 1 aliphatic rings. The number of rotatable bonds is 7. The van der Waals surface area contributed by atoms with E-state index in [1.54, 1.807) is 11.6 Å². The molecule has 2 rings (SSSR count). The molecule has 5 heteroatoms. The van der Waals surface area contributed by atoms with Crippen molar-refractivity contribution in [3.63, 3.8) is 0 Å². The summed E-state index contributed by atoms with van der Waals surface area (Å²) in [4.78, 5) is 23.3. The van der Waals surface area contributed by atoms with E-state index in [4.69, 9.17) is 9.94 Å². The molecule has 0 spiro atoms. The number of hydroxylamine groups is 1. The maximum atomic E-state index is 12.4. The molecule has 5 nitrogen and oxygen atoms in total. The summed E-state index contributed by atoms with van der Waals surface area (Å²) in [6.45, 7) is 3.88. The average Bonchev–Trinajstić information content (AvgIpc) is 3.11. The van der Waals surface area contributed by atoms with Crippen LogP contribution in [0.1, 0.15) is 57.1 Å². The Kier molecular flexibility index (Phi) is 6.76. The number of aryl methyl sites for hydroxylation is 1. The first-order valence-electron chi connectivity index (χ1n) is 8.83. The van der Waals surface area contributed by atoms with Crippen molar-refractivity contribution in [2.75, 3.05) is 0 Å². The van der Waals surface area contributed by atoms with E-state index in [2.05, 4.69) is 0 Å². The van der Waals surface area contributed by atoms with Gasteiger partial charge in [-0.3, -0.25) is 14.8 Å². The standard InChI is InChI=1S/C20H27NO4/c1-20(2,19(23)25-17-5-3-4-6-17)14-13-16-9-7-15(8-10-16)11-12-18(22)21-24/h7-12,17,24H,3-6,13-14H2,1-2H3,(H,21,22)/b12-11+.